The molecule has 1 N–H and O–H groups in total. The Labute approximate surface area is 208 Å². The van der Waals surface area contributed by atoms with Crippen LogP contribution in [-0.2, 0) is 9.59 Å². The standard InChI is InChI=1S/C29H36N4O2/c34-28(16-24-15-20-3-4-23(24)14-20)32-12-9-22(10-13-32)21-5-7-26(8-6-21)31-29(35)25-18-33(19-25)27-2-1-11-30-17-27/h1-2,5-8,11,17,20,22-25H,3-4,9-10,12-16,18-19H2,(H,31,35)/t20-,23-,24?/m0/s1. The van der Waals surface area contributed by atoms with Crippen LogP contribution in [-0.4, -0.2) is 47.9 Å². The van der Waals surface area contributed by atoms with Gasteiger partial charge in [0.2, 0.25) is 11.8 Å². The number of fused-ring (bicyclic) bond motifs is 2. The number of carbonyl (C=O) groups is 2. The summed E-state index contributed by atoms with van der Waals surface area (Å²) in [6.07, 6.45) is 11.9. The molecule has 6 heteroatoms. The van der Waals surface area contributed by atoms with Crippen molar-refractivity contribution in [2.24, 2.45) is 23.7 Å². The normalized spacial score (nSPS) is 26.6. The lowest BCUT2D eigenvalue weighted by molar-refractivity contribution is -0.133. The van der Waals surface area contributed by atoms with Gasteiger partial charge in [0.1, 0.15) is 0 Å². The number of amides is 2. The summed E-state index contributed by atoms with van der Waals surface area (Å²) in [7, 11) is 0. The first kappa shape index (κ1) is 22.6. The number of rotatable bonds is 6. The molecule has 2 amide bonds. The van der Waals surface area contributed by atoms with E-state index < -0.39 is 0 Å². The molecule has 2 aliphatic carbocycles. The number of nitrogens with one attached hydrogen (secondary N) is 1. The van der Waals surface area contributed by atoms with Gasteiger partial charge in [0, 0.05) is 44.5 Å². The predicted octanol–water partition coefficient (Wildman–Crippen LogP) is 4.69. The molecule has 35 heavy (non-hydrogen) atoms. The number of pyridine rings is 1. The fourth-order valence-electron chi connectivity index (χ4n) is 6.92. The van der Waals surface area contributed by atoms with Gasteiger partial charge in [-0.1, -0.05) is 18.6 Å². The zero-order valence-corrected chi connectivity index (χ0v) is 20.4. The van der Waals surface area contributed by atoms with E-state index >= 15 is 0 Å². The van der Waals surface area contributed by atoms with E-state index in [2.05, 4.69) is 32.2 Å². The maximum absolute atomic E-state index is 12.9. The summed E-state index contributed by atoms with van der Waals surface area (Å²) in [5.74, 6) is 3.36. The van der Waals surface area contributed by atoms with Crippen LogP contribution >= 0.6 is 0 Å². The van der Waals surface area contributed by atoms with Gasteiger partial charge in [-0.25, -0.2) is 0 Å². The lowest BCUT2D eigenvalue weighted by atomic mass is 9.85. The van der Waals surface area contributed by atoms with E-state index in [0.29, 0.717) is 17.7 Å². The molecule has 3 atom stereocenters. The first-order valence-corrected chi connectivity index (χ1v) is 13.5. The van der Waals surface area contributed by atoms with Gasteiger partial charge in [-0.05, 0) is 85.6 Å². The van der Waals surface area contributed by atoms with Crippen LogP contribution in [0.5, 0.6) is 0 Å². The van der Waals surface area contributed by atoms with Crippen molar-refractivity contribution < 1.29 is 9.59 Å². The molecule has 6 rings (SSSR count). The van der Waals surface area contributed by atoms with Gasteiger partial charge in [-0.2, -0.15) is 0 Å². The molecule has 0 spiro atoms. The van der Waals surface area contributed by atoms with Gasteiger partial charge in [0.05, 0.1) is 17.8 Å². The average Bonchev–Trinajstić information content (AvgIpc) is 3.48. The predicted molar refractivity (Wildman–Crippen MR) is 137 cm³/mol. The number of nitrogens with zero attached hydrogens (tertiary/aromatic N) is 3. The molecule has 1 unspecified atom stereocenters. The molecule has 3 heterocycles. The zero-order valence-electron chi connectivity index (χ0n) is 20.4. The van der Waals surface area contributed by atoms with Crippen LogP contribution in [0.25, 0.3) is 0 Å². The second kappa shape index (κ2) is 9.63. The van der Waals surface area contributed by atoms with E-state index in [-0.39, 0.29) is 11.8 Å². The molecular weight excluding hydrogens is 436 g/mol. The minimum Gasteiger partial charge on any atom is -0.369 e. The highest BCUT2D eigenvalue weighted by molar-refractivity contribution is 5.94. The monoisotopic (exact) mass is 472 g/mol. The van der Waals surface area contributed by atoms with Gasteiger partial charge in [-0.3, -0.25) is 14.6 Å². The molecule has 2 saturated heterocycles. The van der Waals surface area contributed by atoms with E-state index in [4.69, 9.17) is 0 Å². The first-order valence-electron chi connectivity index (χ1n) is 13.5. The summed E-state index contributed by atoms with van der Waals surface area (Å²) in [6.45, 7) is 3.21. The number of benzene rings is 1. The molecule has 4 aliphatic rings. The van der Waals surface area contributed by atoms with Gasteiger partial charge in [0.25, 0.3) is 0 Å². The Kier molecular flexibility index (Phi) is 6.21. The van der Waals surface area contributed by atoms with Crippen LogP contribution in [0, 0.1) is 23.7 Å². The maximum atomic E-state index is 12.9. The Morgan fingerprint density at radius 2 is 1.77 bits per heavy atom. The second-order valence-electron chi connectivity index (χ2n) is 11.2. The van der Waals surface area contributed by atoms with Crippen molar-refractivity contribution in [1.29, 1.82) is 0 Å². The third-order valence-corrected chi connectivity index (χ3v) is 9.08. The zero-order chi connectivity index (χ0) is 23.8. The highest BCUT2D eigenvalue weighted by atomic mass is 16.2. The molecule has 2 bridgehead atoms. The van der Waals surface area contributed by atoms with Crippen LogP contribution < -0.4 is 10.2 Å². The summed E-state index contributed by atoms with van der Waals surface area (Å²) in [6, 6.07) is 12.3. The third-order valence-electron chi connectivity index (χ3n) is 9.08. The van der Waals surface area contributed by atoms with Crippen LogP contribution in [0.1, 0.15) is 56.4 Å². The van der Waals surface area contributed by atoms with Crippen molar-refractivity contribution in [1.82, 2.24) is 9.88 Å². The number of aromatic nitrogens is 1. The Balaban J connectivity index is 0.950. The smallest absolute Gasteiger partial charge is 0.231 e. The molecular formula is C29H36N4O2. The lowest BCUT2D eigenvalue weighted by Crippen LogP contribution is -2.52. The number of piperidine rings is 1. The topological polar surface area (TPSA) is 65.5 Å². The molecule has 0 radical (unpaired) electrons. The van der Waals surface area contributed by atoms with E-state index in [9.17, 15) is 9.59 Å². The Hall–Kier alpha value is -2.89. The molecule has 2 saturated carbocycles. The van der Waals surface area contributed by atoms with Crippen LogP contribution in [0.4, 0.5) is 11.4 Å². The minimum absolute atomic E-state index is 0.0103. The van der Waals surface area contributed by atoms with Crippen molar-refractivity contribution in [2.45, 2.75) is 50.9 Å². The molecule has 184 valence electrons. The third kappa shape index (κ3) is 4.80. The summed E-state index contributed by atoms with van der Waals surface area (Å²) in [5, 5.41) is 3.08. The fraction of sp³-hybridized carbons (Fsp3) is 0.552. The van der Waals surface area contributed by atoms with Crippen molar-refractivity contribution in [3.8, 4) is 0 Å². The summed E-state index contributed by atoms with van der Waals surface area (Å²) in [4.78, 5) is 34.0. The Bertz CT molecular complexity index is 1040. The van der Waals surface area contributed by atoms with E-state index in [1.165, 1.54) is 31.2 Å². The molecule has 1 aromatic heterocycles. The van der Waals surface area contributed by atoms with E-state index in [1.807, 2.05) is 30.5 Å². The molecule has 2 aliphatic heterocycles. The number of hydrogen-bond donors (Lipinski definition) is 1. The van der Waals surface area contributed by atoms with Gasteiger partial charge in [0.15, 0.2) is 0 Å². The van der Waals surface area contributed by atoms with Gasteiger partial charge >= 0.3 is 0 Å². The summed E-state index contributed by atoms with van der Waals surface area (Å²) < 4.78 is 0. The summed E-state index contributed by atoms with van der Waals surface area (Å²) >= 11 is 0. The van der Waals surface area contributed by atoms with E-state index in [1.54, 1.807) is 6.20 Å². The molecule has 4 fully saturated rings. The number of likely N-dealkylation sites (tertiary alicyclic amines) is 1. The quantitative estimate of drug-likeness (QED) is 0.663. The number of hydrogen-bond acceptors (Lipinski definition) is 4. The van der Waals surface area contributed by atoms with Crippen molar-refractivity contribution in [3.63, 3.8) is 0 Å². The summed E-state index contributed by atoms with van der Waals surface area (Å²) in [5.41, 5.74) is 3.24. The van der Waals surface area contributed by atoms with Crippen LogP contribution in [0.3, 0.4) is 0 Å². The van der Waals surface area contributed by atoms with Gasteiger partial charge in [-0.15, -0.1) is 0 Å². The lowest BCUT2D eigenvalue weighted by Gasteiger charge is -2.39. The highest BCUT2D eigenvalue weighted by Crippen LogP contribution is 2.49. The maximum Gasteiger partial charge on any atom is 0.231 e. The minimum atomic E-state index is 0.0103. The number of carbonyl (C=O) groups excluding carboxylic acids is 2. The second-order valence-corrected chi connectivity index (χ2v) is 11.2. The fourth-order valence-corrected chi connectivity index (χ4v) is 6.92. The van der Waals surface area contributed by atoms with Gasteiger partial charge < -0.3 is 15.1 Å². The van der Waals surface area contributed by atoms with Crippen molar-refractivity contribution in [3.05, 3.63) is 54.4 Å². The Morgan fingerprint density at radius 1 is 0.971 bits per heavy atom. The SMILES string of the molecule is O=C(Nc1ccc(C2CCN(C(=O)CC3C[C@H]4CC[C@H]3C4)CC2)cc1)C1CN(c2cccnc2)C1. The number of anilines is 2. The highest BCUT2D eigenvalue weighted by Gasteiger charge is 2.41. The molecule has 1 aromatic carbocycles. The van der Waals surface area contributed by atoms with E-state index in [0.717, 1.165) is 68.7 Å². The van der Waals surface area contributed by atoms with Crippen LogP contribution in [0.15, 0.2) is 48.8 Å². The largest absolute Gasteiger partial charge is 0.369 e. The Morgan fingerprint density at radius 3 is 2.43 bits per heavy atom. The van der Waals surface area contributed by atoms with Crippen LogP contribution in [0.2, 0.25) is 0 Å². The molecule has 2 aromatic rings. The van der Waals surface area contributed by atoms with Crippen molar-refractivity contribution in [2.75, 3.05) is 36.4 Å². The van der Waals surface area contributed by atoms with Crippen molar-refractivity contribution >= 4 is 23.2 Å². The first-order chi connectivity index (χ1) is 17.1. The average molecular weight is 473 g/mol. The molecule has 6 nitrogen and oxygen atoms in total.